The Labute approximate surface area is 104 Å². The summed E-state index contributed by atoms with van der Waals surface area (Å²) in [5, 5.41) is 11.0. The average Bonchev–Trinajstić information content (AvgIpc) is 2.30. The van der Waals surface area contributed by atoms with Gasteiger partial charge in [-0.15, -0.1) is 11.8 Å². The minimum Gasteiger partial charge on any atom is -0.480 e. The average molecular weight is 254 g/mol. The fourth-order valence-corrected chi connectivity index (χ4v) is 1.83. The zero-order valence-electron chi connectivity index (χ0n) is 9.42. The lowest BCUT2D eigenvalue weighted by Crippen LogP contribution is -2.39. The van der Waals surface area contributed by atoms with Crippen molar-refractivity contribution in [1.82, 2.24) is 10.3 Å². The van der Waals surface area contributed by atoms with E-state index in [0.717, 1.165) is 5.69 Å². The molecule has 17 heavy (non-hydrogen) atoms. The van der Waals surface area contributed by atoms with Crippen LogP contribution in [0, 0.1) is 0 Å². The first-order chi connectivity index (χ1) is 8.09. The molecule has 0 spiro atoms. The molecule has 0 radical (unpaired) electrons. The predicted octanol–water partition coefficient (Wildman–Crippen LogP) is 0.904. The van der Waals surface area contributed by atoms with E-state index >= 15 is 0 Å². The van der Waals surface area contributed by atoms with Gasteiger partial charge in [0.05, 0.1) is 11.4 Å². The summed E-state index contributed by atoms with van der Waals surface area (Å²) < 4.78 is 0. The van der Waals surface area contributed by atoms with Crippen LogP contribution >= 0.6 is 11.8 Å². The van der Waals surface area contributed by atoms with Crippen molar-refractivity contribution in [1.29, 1.82) is 0 Å². The Balaban J connectivity index is 2.23. The van der Waals surface area contributed by atoms with E-state index in [0.29, 0.717) is 5.75 Å². The van der Waals surface area contributed by atoms with Gasteiger partial charge < -0.3 is 10.4 Å². The lowest BCUT2D eigenvalue weighted by molar-refractivity contribution is -0.140. The third-order valence-corrected chi connectivity index (χ3v) is 2.92. The normalized spacial score (nSPS) is 11.8. The summed E-state index contributed by atoms with van der Waals surface area (Å²) in [6.45, 7) is 1.43. The van der Waals surface area contributed by atoms with E-state index in [4.69, 9.17) is 5.11 Å². The lowest BCUT2D eigenvalue weighted by atomic mass is 10.3. The smallest absolute Gasteiger partial charge is 0.325 e. The number of hydrogen-bond acceptors (Lipinski definition) is 4. The Hall–Kier alpha value is -1.56. The van der Waals surface area contributed by atoms with Gasteiger partial charge in [-0.1, -0.05) is 6.07 Å². The fraction of sp³-hybridized carbons (Fsp3) is 0.364. The Kier molecular flexibility index (Phi) is 5.48. The minimum absolute atomic E-state index is 0.230. The van der Waals surface area contributed by atoms with Crippen molar-refractivity contribution in [2.45, 2.75) is 18.7 Å². The van der Waals surface area contributed by atoms with Crippen LogP contribution in [0.25, 0.3) is 0 Å². The molecule has 6 heteroatoms. The Bertz CT molecular complexity index is 384. The largest absolute Gasteiger partial charge is 0.480 e. The summed E-state index contributed by atoms with van der Waals surface area (Å²) in [5.74, 6) is -0.446. The van der Waals surface area contributed by atoms with Crippen molar-refractivity contribution in [3.63, 3.8) is 0 Å². The molecule has 0 fully saturated rings. The highest BCUT2D eigenvalue weighted by molar-refractivity contribution is 7.99. The molecule has 1 rings (SSSR count). The van der Waals surface area contributed by atoms with Gasteiger partial charge in [0.1, 0.15) is 6.04 Å². The Morgan fingerprint density at radius 3 is 2.88 bits per heavy atom. The van der Waals surface area contributed by atoms with Gasteiger partial charge in [0.25, 0.3) is 0 Å². The number of nitrogens with one attached hydrogen (secondary N) is 1. The predicted molar refractivity (Wildman–Crippen MR) is 65.6 cm³/mol. The maximum absolute atomic E-state index is 11.3. The van der Waals surface area contributed by atoms with Crippen LogP contribution in [0.3, 0.4) is 0 Å². The van der Waals surface area contributed by atoms with Crippen LogP contribution in [0.5, 0.6) is 0 Å². The van der Waals surface area contributed by atoms with E-state index in [1.54, 1.807) is 6.20 Å². The highest BCUT2D eigenvalue weighted by Crippen LogP contribution is 2.08. The van der Waals surface area contributed by atoms with E-state index in [1.165, 1.54) is 18.7 Å². The molecule has 0 aliphatic rings. The maximum atomic E-state index is 11.3. The highest BCUT2D eigenvalue weighted by Gasteiger charge is 2.13. The number of pyridine rings is 1. The summed E-state index contributed by atoms with van der Waals surface area (Å²) in [5.41, 5.74) is 0.900. The molecule has 0 saturated carbocycles. The van der Waals surface area contributed by atoms with Gasteiger partial charge in [-0.05, 0) is 19.1 Å². The van der Waals surface area contributed by atoms with Crippen molar-refractivity contribution in [3.8, 4) is 0 Å². The van der Waals surface area contributed by atoms with Crippen molar-refractivity contribution in [2.75, 3.05) is 5.75 Å². The van der Waals surface area contributed by atoms with Crippen molar-refractivity contribution in [2.24, 2.45) is 0 Å². The van der Waals surface area contributed by atoms with Gasteiger partial charge in [0.2, 0.25) is 5.91 Å². The van der Waals surface area contributed by atoms with E-state index in [9.17, 15) is 9.59 Å². The topological polar surface area (TPSA) is 79.3 Å². The highest BCUT2D eigenvalue weighted by atomic mass is 32.2. The molecular formula is C11H14N2O3S. The summed E-state index contributed by atoms with van der Waals surface area (Å²) in [7, 11) is 0. The first-order valence-corrected chi connectivity index (χ1v) is 6.25. The quantitative estimate of drug-likeness (QED) is 0.788. The van der Waals surface area contributed by atoms with Crippen LogP contribution in [0.15, 0.2) is 24.4 Å². The Morgan fingerprint density at radius 2 is 2.29 bits per heavy atom. The molecule has 2 N–H and O–H groups in total. The zero-order chi connectivity index (χ0) is 12.7. The number of hydrogen-bond donors (Lipinski definition) is 2. The first-order valence-electron chi connectivity index (χ1n) is 5.09. The van der Waals surface area contributed by atoms with Gasteiger partial charge in [0.15, 0.2) is 0 Å². The second-order valence-corrected chi connectivity index (χ2v) is 4.43. The third-order valence-electron chi connectivity index (χ3n) is 1.96. The number of carboxylic acid groups (broad SMARTS) is 1. The lowest BCUT2D eigenvalue weighted by Gasteiger charge is -2.08. The second kappa shape index (κ2) is 6.90. The van der Waals surface area contributed by atoms with Crippen molar-refractivity contribution >= 4 is 23.6 Å². The molecule has 0 aromatic carbocycles. The molecule has 0 aliphatic carbocycles. The first kappa shape index (κ1) is 13.5. The third kappa shape index (κ3) is 5.35. The van der Waals surface area contributed by atoms with Gasteiger partial charge in [-0.3, -0.25) is 14.6 Å². The number of carboxylic acids is 1. The fourth-order valence-electron chi connectivity index (χ4n) is 1.08. The monoisotopic (exact) mass is 254 g/mol. The van der Waals surface area contributed by atoms with Gasteiger partial charge in [-0.2, -0.15) is 0 Å². The van der Waals surface area contributed by atoms with Crippen LogP contribution in [0.1, 0.15) is 12.6 Å². The molecule has 1 amide bonds. The van der Waals surface area contributed by atoms with E-state index in [1.807, 2.05) is 18.2 Å². The van der Waals surface area contributed by atoms with Crippen LogP contribution in [0.2, 0.25) is 0 Å². The minimum atomic E-state index is -1.03. The number of nitrogens with zero attached hydrogens (tertiary/aromatic N) is 1. The zero-order valence-corrected chi connectivity index (χ0v) is 10.2. The number of aliphatic carboxylic acids is 1. The van der Waals surface area contributed by atoms with Crippen molar-refractivity contribution < 1.29 is 14.7 Å². The molecule has 0 unspecified atom stereocenters. The van der Waals surface area contributed by atoms with Gasteiger partial charge in [-0.25, -0.2) is 0 Å². The summed E-state index contributed by atoms with van der Waals surface area (Å²) >= 11 is 1.40. The van der Waals surface area contributed by atoms with E-state index in [-0.39, 0.29) is 11.7 Å². The van der Waals surface area contributed by atoms with Crippen LogP contribution in [-0.2, 0) is 15.3 Å². The summed E-state index contributed by atoms with van der Waals surface area (Å²) in [6.07, 6.45) is 1.70. The SMILES string of the molecule is C[C@H](NC(=O)CSCc1ccccn1)C(=O)O. The molecular weight excluding hydrogens is 240 g/mol. The van der Waals surface area contributed by atoms with Crippen LogP contribution in [-0.4, -0.2) is 33.8 Å². The van der Waals surface area contributed by atoms with E-state index < -0.39 is 12.0 Å². The summed E-state index contributed by atoms with van der Waals surface area (Å²) in [4.78, 5) is 25.9. The van der Waals surface area contributed by atoms with Gasteiger partial charge in [0, 0.05) is 11.9 Å². The molecule has 5 nitrogen and oxygen atoms in total. The standard InChI is InChI=1S/C11H14N2O3S/c1-8(11(15)16)13-10(14)7-17-6-9-4-2-3-5-12-9/h2-5,8H,6-7H2,1H3,(H,13,14)(H,15,16)/t8-/m0/s1. The Morgan fingerprint density at radius 1 is 1.53 bits per heavy atom. The number of amides is 1. The molecule has 0 bridgehead atoms. The molecule has 0 saturated heterocycles. The van der Waals surface area contributed by atoms with Crippen LogP contribution in [0.4, 0.5) is 0 Å². The number of rotatable bonds is 6. The molecule has 92 valence electrons. The molecule has 1 aromatic heterocycles. The number of carbonyl (C=O) groups excluding carboxylic acids is 1. The molecule has 1 heterocycles. The number of thioether (sulfide) groups is 1. The molecule has 1 aromatic rings. The number of aromatic nitrogens is 1. The molecule has 0 aliphatic heterocycles. The summed E-state index contributed by atoms with van der Waals surface area (Å²) in [6, 6.07) is 4.74. The molecule has 1 atom stereocenters. The van der Waals surface area contributed by atoms with Gasteiger partial charge >= 0.3 is 5.97 Å². The second-order valence-electron chi connectivity index (χ2n) is 3.44. The maximum Gasteiger partial charge on any atom is 0.325 e. The van der Waals surface area contributed by atoms with Crippen LogP contribution < -0.4 is 5.32 Å². The van der Waals surface area contributed by atoms with E-state index in [2.05, 4.69) is 10.3 Å². The van der Waals surface area contributed by atoms with Crippen molar-refractivity contribution in [3.05, 3.63) is 30.1 Å². The number of carbonyl (C=O) groups is 2.